The fourth-order valence-electron chi connectivity index (χ4n) is 22.8. The zero-order valence-electron chi connectivity index (χ0n) is 80.0. The van der Waals surface area contributed by atoms with Crippen molar-refractivity contribution in [2.45, 2.75) is 0 Å². The smallest absolute Gasteiger partial charge is 0.160 e. The van der Waals surface area contributed by atoms with Gasteiger partial charge in [-0.3, -0.25) is 0 Å². The van der Waals surface area contributed by atoms with E-state index in [4.69, 9.17) is 29.9 Å². The fourth-order valence-corrected chi connectivity index (χ4v) is 22.8. The Hall–Kier alpha value is -20.1. The molecule has 0 saturated heterocycles. The van der Waals surface area contributed by atoms with E-state index in [0.29, 0.717) is 5.82 Å². The molecule has 12 nitrogen and oxygen atoms in total. The molecule has 0 N–H and O–H groups in total. The molecule has 12 heteroatoms. The van der Waals surface area contributed by atoms with E-state index in [0.717, 1.165) is 140 Å². The number of hydrogen-bond donors (Lipinski definition) is 0. The largest absolute Gasteiger partial charge is 0.309 e. The Morgan fingerprint density at radius 2 is 0.365 bits per heavy atom. The van der Waals surface area contributed by atoms with Crippen molar-refractivity contribution in [2.24, 2.45) is 0 Å². The van der Waals surface area contributed by atoms with Crippen LogP contribution in [0.2, 0.25) is 0 Å². The first-order valence-electron chi connectivity index (χ1n) is 50.2. The summed E-state index contributed by atoms with van der Waals surface area (Å²) in [6.07, 6.45) is 0. The lowest BCUT2D eigenvalue weighted by molar-refractivity contribution is 1.16. The van der Waals surface area contributed by atoms with Crippen molar-refractivity contribution >= 4 is 174 Å². The first-order valence-corrected chi connectivity index (χ1v) is 50.2. The summed E-state index contributed by atoms with van der Waals surface area (Å²) in [5, 5.41) is 19.5. The van der Waals surface area contributed by atoms with Crippen LogP contribution in [0.5, 0.6) is 0 Å². The standard InChI is InChI=1S/C48H30N4.2C44H28N4/c1-2-13-32(14-3-1)47-48(50-42-19-9-8-18-41(42)49-47)33-23-25-35(26-24-33)51-43-20-10-6-16-37(43)39-29-40-38-17-7-11-21-44(38)52(46(40)30-45(39)51)36-27-22-31-12-4-5-15-34(31)28-36;1-3-14-29(15-4-1)43-35-22-7-10-23-38(35)45-44(46-43)30-16-13-19-32(26-30)48-40-25-12-9-21-34(40)37-27-36-33-20-8-11-24-39(33)47(41(36)28-42(37)48)31-17-5-2-6-18-31;1-3-13-29(14-4-1)43-35-19-7-10-20-38(35)45-44(46-43)30-23-25-32(26-24-30)48-40-22-12-9-18-34(40)37-27-36-33-17-8-11-21-39(33)47(41(36)28-42(37)48)31-15-5-2-6-16-31/h1-30H;2*1-28H. The maximum Gasteiger partial charge on any atom is 0.160 e. The Bertz CT molecular complexity index is 10700. The first-order chi connectivity index (χ1) is 73.4. The van der Waals surface area contributed by atoms with E-state index < -0.39 is 0 Å². The molecular formula is C136H86N12. The Morgan fingerprint density at radius 3 is 0.736 bits per heavy atom. The Labute approximate surface area is 849 Å². The van der Waals surface area contributed by atoms with Crippen LogP contribution in [0, 0.1) is 0 Å². The third-order valence-electron chi connectivity index (χ3n) is 29.5. The molecule has 9 aromatic heterocycles. The average molecular weight is 1890 g/mol. The molecule has 0 spiro atoms. The second kappa shape index (κ2) is 35.0. The number of rotatable bonds is 12. The zero-order chi connectivity index (χ0) is 97.4. The molecule has 0 bridgehead atoms. The zero-order valence-corrected chi connectivity index (χ0v) is 80.0. The van der Waals surface area contributed by atoms with Crippen LogP contribution >= 0.6 is 0 Å². The highest BCUT2D eigenvalue weighted by Crippen LogP contribution is 2.47. The molecule has 690 valence electrons. The number of aromatic nitrogens is 12. The number of nitrogens with zero attached hydrogens (tertiary/aromatic N) is 12. The van der Waals surface area contributed by atoms with Gasteiger partial charge in [0.1, 0.15) is 0 Å². The summed E-state index contributed by atoms with van der Waals surface area (Å²) >= 11 is 0. The first kappa shape index (κ1) is 84.8. The van der Waals surface area contributed by atoms with Gasteiger partial charge in [-0.15, -0.1) is 0 Å². The van der Waals surface area contributed by atoms with E-state index in [1.807, 2.05) is 60.7 Å². The maximum absolute atomic E-state index is 5.18. The van der Waals surface area contributed by atoms with Gasteiger partial charge in [-0.1, -0.05) is 340 Å². The highest BCUT2D eigenvalue weighted by atomic mass is 15.0. The molecule has 31 rings (SSSR count). The van der Waals surface area contributed by atoms with Gasteiger partial charge in [0.25, 0.3) is 0 Å². The summed E-state index contributed by atoms with van der Waals surface area (Å²) < 4.78 is 14.4. The van der Waals surface area contributed by atoms with Crippen molar-refractivity contribution in [3.8, 4) is 102 Å². The van der Waals surface area contributed by atoms with Gasteiger partial charge in [0.15, 0.2) is 11.6 Å². The van der Waals surface area contributed by atoms with Crippen LogP contribution in [-0.2, 0) is 0 Å². The van der Waals surface area contributed by atoms with Crippen molar-refractivity contribution in [3.63, 3.8) is 0 Å². The van der Waals surface area contributed by atoms with E-state index in [2.05, 4.69) is 488 Å². The molecule has 148 heavy (non-hydrogen) atoms. The van der Waals surface area contributed by atoms with Crippen LogP contribution in [0.4, 0.5) is 0 Å². The lowest BCUT2D eigenvalue weighted by Crippen LogP contribution is -1.98. The molecule has 0 atom stereocenters. The highest BCUT2D eigenvalue weighted by Gasteiger charge is 2.26. The van der Waals surface area contributed by atoms with Crippen molar-refractivity contribution in [3.05, 3.63) is 522 Å². The third-order valence-corrected chi connectivity index (χ3v) is 29.5. The van der Waals surface area contributed by atoms with Gasteiger partial charge in [0, 0.05) is 143 Å². The van der Waals surface area contributed by atoms with E-state index in [-0.39, 0.29) is 0 Å². The molecule has 31 aromatic rings. The quantitative estimate of drug-likeness (QED) is 0.121. The van der Waals surface area contributed by atoms with E-state index in [1.165, 1.54) is 131 Å². The van der Waals surface area contributed by atoms with Gasteiger partial charge < -0.3 is 27.4 Å². The minimum Gasteiger partial charge on any atom is -0.309 e. The fraction of sp³-hybridized carbons (Fsp3) is 0. The van der Waals surface area contributed by atoms with Crippen LogP contribution < -0.4 is 0 Å². The van der Waals surface area contributed by atoms with Gasteiger partial charge in [-0.25, -0.2) is 29.9 Å². The number of benzene rings is 22. The number of para-hydroxylation sites is 12. The second-order valence-electron chi connectivity index (χ2n) is 38.0. The Kier molecular flexibility index (Phi) is 20.0. The normalized spacial score (nSPS) is 11.8. The molecule has 0 unspecified atom stereocenters. The molecule has 22 aromatic carbocycles. The van der Waals surface area contributed by atoms with Crippen LogP contribution in [0.25, 0.3) is 276 Å². The molecule has 9 heterocycles. The van der Waals surface area contributed by atoms with Crippen LogP contribution in [0.15, 0.2) is 522 Å². The van der Waals surface area contributed by atoms with Crippen molar-refractivity contribution in [1.29, 1.82) is 0 Å². The topological polar surface area (TPSA) is 107 Å². The Balaban J connectivity index is 0.000000105. The maximum atomic E-state index is 5.18. The van der Waals surface area contributed by atoms with Crippen LogP contribution in [-0.4, -0.2) is 57.3 Å². The molecule has 0 fully saturated rings. The lowest BCUT2D eigenvalue weighted by Gasteiger charge is -2.13. The Morgan fingerprint density at radius 1 is 0.115 bits per heavy atom. The second-order valence-corrected chi connectivity index (χ2v) is 38.0. The molecule has 0 aliphatic heterocycles. The van der Waals surface area contributed by atoms with Gasteiger partial charge in [0.2, 0.25) is 0 Å². The predicted molar refractivity (Wildman–Crippen MR) is 615 cm³/mol. The highest BCUT2D eigenvalue weighted by molar-refractivity contribution is 6.23. The van der Waals surface area contributed by atoms with Crippen molar-refractivity contribution in [1.82, 2.24) is 57.3 Å². The van der Waals surface area contributed by atoms with Gasteiger partial charge in [-0.2, -0.15) is 0 Å². The summed E-state index contributed by atoms with van der Waals surface area (Å²) in [6, 6.07) is 185. The van der Waals surface area contributed by atoms with Gasteiger partial charge in [-0.05, 0) is 193 Å². The van der Waals surface area contributed by atoms with Crippen LogP contribution in [0.1, 0.15) is 0 Å². The summed E-state index contributed by atoms with van der Waals surface area (Å²) in [4.78, 5) is 30.6. The summed E-state index contributed by atoms with van der Waals surface area (Å²) in [5.41, 5.74) is 34.4. The average Bonchev–Trinajstić information content (AvgIpc) is 1.57. The van der Waals surface area contributed by atoms with Crippen LogP contribution in [0.3, 0.4) is 0 Å². The summed E-state index contributed by atoms with van der Waals surface area (Å²) in [5.74, 6) is 1.43. The molecule has 0 amide bonds. The van der Waals surface area contributed by atoms with Gasteiger partial charge >= 0.3 is 0 Å². The predicted octanol–water partition coefficient (Wildman–Crippen LogP) is 34.6. The number of hydrogen-bond acceptors (Lipinski definition) is 6. The SMILES string of the molecule is c1ccc(-c2nc(-c3ccc(-n4c5ccccc5c5cc6c7ccccc7n(-c7ccccc7)c6cc54)cc3)nc3ccccc23)cc1.c1ccc(-c2nc(-c3cccc(-n4c5ccccc5c5cc6c7ccccc7n(-c7ccccc7)c6cc54)c3)nc3ccccc23)cc1.c1ccc(-c2nc3ccccc3nc2-c2ccc(-n3c4ccccc4c4cc5c6ccccc6n(-c6ccc7ccccc7c6)c5cc43)cc2)cc1. The molecule has 0 aliphatic rings. The molecular weight excluding hydrogens is 1800 g/mol. The van der Waals surface area contributed by atoms with E-state index in [1.54, 1.807) is 0 Å². The minimum atomic E-state index is 0.710. The minimum absolute atomic E-state index is 0.710. The third kappa shape index (κ3) is 14.1. The molecule has 0 saturated carbocycles. The lowest BCUT2D eigenvalue weighted by atomic mass is 10.0. The molecule has 0 radical (unpaired) electrons. The summed E-state index contributed by atoms with van der Waals surface area (Å²) in [6.45, 7) is 0. The van der Waals surface area contributed by atoms with Crippen molar-refractivity contribution < 1.29 is 0 Å². The number of fused-ring (bicyclic) bond motifs is 22. The van der Waals surface area contributed by atoms with E-state index in [9.17, 15) is 0 Å². The monoisotopic (exact) mass is 1890 g/mol. The van der Waals surface area contributed by atoms with Crippen molar-refractivity contribution in [2.75, 3.05) is 0 Å². The molecule has 0 aliphatic carbocycles. The summed E-state index contributed by atoms with van der Waals surface area (Å²) in [7, 11) is 0. The van der Waals surface area contributed by atoms with E-state index >= 15 is 0 Å². The van der Waals surface area contributed by atoms with Gasteiger partial charge in [0.05, 0.1) is 111 Å².